The molecule has 0 bridgehead atoms. The zero-order valence-electron chi connectivity index (χ0n) is 11.1. The molecule has 0 aliphatic carbocycles. The summed E-state index contributed by atoms with van der Waals surface area (Å²) in [5.74, 6) is 0. The third-order valence-corrected chi connectivity index (χ3v) is 3.56. The predicted octanol–water partition coefficient (Wildman–Crippen LogP) is 1.76. The number of hydrogen-bond donors (Lipinski definition) is 2. The molecule has 1 saturated heterocycles. The summed E-state index contributed by atoms with van der Waals surface area (Å²) < 4.78 is 0. The molecule has 1 aromatic rings. The van der Waals surface area contributed by atoms with Crippen molar-refractivity contribution in [1.29, 1.82) is 0 Å². The van der Waals surface area contributed by atoms with Crippen molar-refractivity contribution in [3.05, 3.63) is 28.3 Å². The molecular weight excluding hydrogens is 244 g/mol. The van der Waals surface area contributed by atoms with Gasteiger partial charge in [-0.15, -0.1) is 0 Å². The molecule has 0 aromatic heterocycles. The van der Waals surface area contributed by atoms with E-state index < -0.39 is 4.92 Å². The Balaban J connectivity index is 2.13. The quantitative estimate of drug-likeness (QED) is 0.481. The van der Waals surface area contributed by atoms with Crippen LogP contribution in [0.2, 0.25) is 0 Å². The number of nitro benzene ring substituents is 1. The van der Waals surface area contributed by atoms with Gasteiger partial charge in [-0.1, -0.05) is 0 Å². The van der Waals surface area contributed by atoms with Gasteiger partial charge < -0.3 is 16.0 Å². The minimum absolute atomic E-state index is 0.0289. The number of rotatable bonds is 5. The van der Waals surface area contributed by atoms with Gasteiger partial charge in [0.25, 0.3) is 5.69 Å². The number of nitrogen functional groups attached to an aromatic ring is 1. The van der Waals surface area contributed by atoms with Crippen LogP contribution in [0.5, 0.6) is 0 Å². The lowest BCUT2D eigenvalue weighted by atomic mass is 10.2. The molecule has 1 unspecified atom stereocenters. The average molecular weight is 264 g/mol. The minimum Gasteiger partial charge on any atom is -0.393 e. The lowest BCUT2D eigenvalue weighted by Crippen LogP contribution is -2.37. The molecule has 3 N–H and O–H groups in total. The van der Waals surface area contributed by atoms with E-state index in [1.807, 2.05) is 0 Å². The summed E-state index contributed by atoms with van der Waals surface area (Å²) in [7, 11) is 0. The zero-order chi connectivity index (χ0) is 13.8. The molecule has 0 radical (unpaired) electrons. The molecule has 0 saturated carbocycles. The van der Waals surface area contributed by atoms with Gasteiger partial charge in [0.1, 0.15) is 5.69 Å². The number of likely N-dealkylation sites (N-methyl/N-ethyl adjacent to an activating group) is 1. The summed E-state index contributed by atoms with van der Waals surface area (Å²) in [5.41, 5.74) is 6.88. The van der Waals surface area contributed by atoms with Gasteiger partial charge in [-0.25, -0.2) is 0 Å². The van der Waals surface area contributed by atoms with E-state index in [9.17, 15) is 10.1 Å². The largest absolute Gasteiger partial charge is 0.393 e. The summed E-state index contributed by atoms with van der Waals surface area (Å²) in [6.45, 7) is 4.92. The molecule has 1 fully saturated rings. The molecular formula is C13H20N4O2. The van der Waals surface area contributed by atoms with Crippen molar-refractivity contribution >= 4 is 17.1 Å². The van der Waals surface area contributed by atoms with Gasteiger partial charge in [0.2, 0.25) is 0 Å². The second kappa shape index (κ2) is 5.88. The predicted molar refractivity (Wildman–Crippen MR) is 76.4 cm³/mol. The van der Waals surface area contributed by atoms with Gasteiger partial charge in [0.15, 0.2) is 0 Å². The van der Waals surface area contributed by atoms with Crippen molar-refractivity contribution in [2.24, 2.45) is 0 Å². The number of hydrogen-bond acceptors (Lipinski definition) is 5. The van der Waals surface area contributed by atoms with Gasteiger partial charge >= 0.3 is 0 Å². The number of nitrogens with one attached hydrogen (secondary N) is 1. The van der Waals surface area contributed by atoms with Gasteiger partial charge in [-0.3, -0.25) is 10.1 Å². The van der Waals surface area contributed by atoms with E-state index in [0.29, 0.717) is 6.04 Å². The van der Waals surface area contributed by atoms with E-state index in [1.54, 1.807) is 12.1 Å². The van der Waals surface area contributed by atoms with Crippen molar-refractivity contribution < 1.29 is 4.92 Å². The summed E-state index contributed by atoms with van der Waals surface area (Å²) in [4.78, 5) is 12.5. The standard InChI is InChI=1S/C13H20N4O2/c1-2-16(9-10-4-3-7-15-10)11-5-6-13(17(18)19)12(14)8-11/h5-6,8,10,15H,2-4,7,9,14H2,1H3. The SMILES string of the molecule is CCN(CC1CCCN1)c1ccc([N+](=O)[O-])c(N)c1. The molecule has 104 valence electrons. The van der Waals surface area contributed by atoms with Crippen LogP contribution in [-0.4, -0.2) is 30.6 Å². The molecule has 6 nitrogen and oxygen atoms in total. The first-order chi connectivity index (χ1) is 9.11. The normalized spacial score (nSPS) is 18.5. The van der Waals surface area contributed by atoms with Crippen molar-refractivity contribution in [2.75, 3.05) is 30.3 Å². The van der Waals surface area contributed by atoms with Crippen LogP contribution >= 0.6 is 0 Å². The van der Waals surface area contributed by atoms with Crippen LogP contribution < -0.4 is 16.0 Å². The van der Waals surface area contributed by atoms with E-state index in [0.717, 1.165) is 25.3 Å². The summed E-state index contributed by atoms with van der Waals surface area (Å²) >= 11 is 0. The Bertz CT molecular complexity index is 458. The number of nitrogens with two attached hydrogens (primary N) is 1. The highest BCUT2D eigenvalue weighted by molar-refractivity contribution is 5.66. The maximum Gasteiger partial charge on any atom is 0.292 e. The second-order valence-electron chi connectivity index (χ2n) is 4.83. The Morgan fingerprint density at radius 3 is 2.89 bits per heavy atom. The first-order valence-electron chi connectivity index (χ1n) is 6.64. The first kappa shape index (κ1) is 13.6. The van der Waals surface area contributed by atoms with E-state index in [4.69, 9.17) is 5.73 Å². The fourth-order valence-corrected chi connectivity index (χ4v) is 2.50. The number of nitro groups is 1. The van der Waals surface area contributed by atoms with Crippen LogP contribution in [0.25, 0.3) is 0 Å². The highest BCUT2D eigenvalue weighted by atomic mass is 16.6. The molecule has 1 aliphatic heterocycles. The average Bonchev–Trinajstić information content (AvgIpc) is 2.88. The Hall–Kier alpha value is -1.82. The third kappa shape index (κ3) is 3.14. The summed E-state index contributed by atoms with van der Waals surface area (Å²) in [5, 5.41) is 14.2. The Kier molecular flexibility index (Phi) is 4.21. The Morgan fingerprint density at radius 1 is 1.58 bits per heavy atom. The molecule has 2 rings (SSSR count). The molecule has 1 heterocycles. The van der Waals surface area contributed by atoms with Crippen LogP contribution in [0.1, 0.15) is 19.8 Å². The fraction of sp³-hybridized carbons (Fsp3) is 0.538. The maximum absolute atomic E-state index is 10.8. The summed E-state index contributed by atoms with van der Waals surface area (Å²) in [6.07, 6.45) is 2.39. The highest BCUT2D eigenvalue weighted by Gasteiger charge is 2.19. The monoisotopic (exact) mass is 264 g/mol. The van der Waals surface area contributed by atoms with Crippen molar-refractivity contribution in [3.63, 3.8) is 0 Å². The highest BCUT2D eigenvalue weighted by Crippen LogP contribution is 2.27. The maximum atomic E-state index is 10.8. The number of nitrogens with zero attached hydrogens (tertiary/aromatic N) is 2. The topological polar surface area (TPSA) is 84.4 Å². The summed E-state index contributed by atoms with van der Waals surface area (Å²) in [6, 6.07) is 5.44. The Labute approximate surface area is 112 Å². The van der Waals surface area contributed by atoms with Gasteiger partial charge in [0.05, 0.1) is 4.92 Å². The molecule has 19 heavy (non-hydrogen) atoms. The van der Waals surface area contributed by atoms with Gasteiger partial charge in [0, 0.05) is 30.9 Å². The lowest BCUT2D eigenvalue weighted by Gasteiger charge is -2.26. The van der Waals surface area contributed by atoms with E-state index in [1.165, 1.54) is 18.9 Å². The smallest absolute Gasteiger partial charge is 0.292 e. The van der Waals surface area contributed by atoms with Crippen molar-refractivity contribution in [1.82, 2.24) is 5.32 Å². The van der Waals surface area contributed by atoms with E-state index in [2.05, 4.69) is 17.1 Å². The van der Waals surface area contributed by atoms with E-state index >= 15 is 0 Å². The number of anilines is 2. The second-order valence-corrected chi connectivity index (χ2v) is 4.83. The number of benzene rings is 1. The van der Waals surface area contributed by atoms with Crippen LogP contribution in [0, 0.1) is 10.1 Å². The lowest BCUT2D eigenvalue weighted by molar-refractivity contribution is -0.383. The molecule has 1 aliphatic rings. The molecule has 1 atom stereocenters. The van der Waals surface area contributed by atoms with Crippen LogP contribution in [-0.2, 0) is 0 Å². The third-order valence-electron chi connectivity index (χ3n) is 3.56. The zero-order valence-corrected chi connectivity index (χ0v) is 11.1. The van der Waals surface area contributed by atoms with Crippen LogP contribution in [0.15, 0.2) is 18.2 Å². The van der Waals surface area contributed by atoms with Crippen molar-refractivity contribution in [2.45, 2.75) is 25.8 Å². The van der Waals surface area contributed by atoms with Gasteiger partial charge in [-0.05, 0) is 38.4 Å². The minimum atomic E-state index is -0.450. The van der Waals surface area contributed by atoms with E-state index in [-0.39, 0.29) is 11.4 Å². The Morgan fingerprint density at radius 2 is 2.37 bits per heavy atom. The fourth-order valence-electron chi connectivity index (χ4n) is 2.50. The van der Waals surface area contributed by atoms with Crippen LogP contribution in [0.3, 0.4) is 0 Å². The van der Waals surface area contributed by atoms with Gasteiger partial charge in [-0.2, -0.15) is 0 Å². The first-order valence-corrected chi connectivity index (χ1v) is 6.64. The molecule has 1 aromatic carbocycles. The molecule has 6 heteroatoms. The van der Waals surface area contributed by atoms with Crippen molar-refractivity contribution in [3.8, 4) is 0 Å². The van der Waals surface area contributed by atoms with Crippen LogP contribution in [0.4, 0.5) is 17.1 Å². The molecule has 0 amide bonds. The molecule has 0 spiro atoms.